The van der Waals surface area contributed by atoms with Gasteiger partial charge in [0.2, 0.25) is 5.75 Å². The Kier molecular flexibility index (Phi) is 6.17. The Balaban J connectivity index is 1.87. The number of benzene rings is 2. The molecular weight excluding hydrogens is 399 g/mol. The molecular formula is C20H21O8P. The van der Waals surface area contributed by atoms with Crippen molar-refractivity contribution in [3.8, 4) is 23.0 Å². The van der Waals surface area contributed by atoms with Crippen LogP contribution in [-0.4, -0.2) is 31.1 Å². The van der Waals surface area contributed by atoms with Gasteiger partial charge >= 0.3 is 7.82 Å². The molecule has 29 heavy (non-hydrogen) atoms. The van der Waals surface area contributed by atoms with Crippen LogP contribution in [0.1, 0.15) is 11.1 Å². The Labute approximate surface area is 167 Å². The molecule has 8 nitrogen and oxygen atoms in total. The molecule has 154 valence electrons. The summed E-state index contributed by atoms with van der Waals surface area (Å²) in [5.74, 6) is 1.66. The maximum absolute atomic E-state index is 11.2. The predicted octanol–water partition coefficient (Wildman–Crippen LogP) is 4.19. The van der Waals surface area contributed by atoms with Gasteiger partial charge in [0, 0.05) is 0 Å². The zero-order valence-electron chi connectivity index (χ0n) is 16.1. The normalized spacial score (nSPS) is 11.8. The van der Waals surface area contributed by atoms with Gasteiger partial charge in [-0.2, -0.15) is 0 Å². The third kappa shape index (κ3) is 4.92. The van der Waals surface area contributed by atoms with E-state index in [4.69, 9.17) is 32.9 Å². The van der Waals surface area contributed by atoms with Crippen molar-refractivity contribution >= 4 is 24.9 Å². The first kappa shape index (κ1) is 20.8. The van der Waals surface area contributed by atoms with Gasteiger partial charge in [-0.25, -0.2) is 4.57 Å². The van der Waals surface area contributed by atoms with Gasteiger partial charge in [0.1, 0.15) is 11.3 Å². The molecule has 1 aromatic heterocycles. The Hall–Kier alpha value is -2.93. The molecule has 0 aliphatic heterocycles. The number of phosphoric acid groups is 1. The molecule has 1 heterocycles. The summed E-state index contributed by atoms with van der Waals surface area (Å²) < 4.78 is 37.4. The first-order chi connectivity index (χ1) is 13.8. The minimum atomic E-state index is -4.69. The lowest BCUT2D eigenvalue weighted by Crippen LogP contribution is -1.95. The monoisotopic (exact) mass is 420 g/mol. The summed E-state index contributed by atoms with van der Waals surface area (Å²) in [5.41, 5.74) is 2.08. The van der Waals surface area contributed by atoms with E-state index < -0.39 is 7.82 Å². The van der Waals surface area contributed by atoms with E-state index in [0.29, 0.717) is 34.6 Å². The van der Waals surface area contributed by atoms with Gasteiger partial charge in [0.15, 0.2) is 11.5 Å². The lowest BCUT2D eigenvalue weighted by Gasteiger charge is -2.12. The van der Waals surface area contributed by atoms with Crippen LogP contribution >= 0.6 is 7.82 Å². The third-order valence-electron chi connectivity index (χ3n) is 4.16. The number of hydrogen-bond donors (Lipinski definition) is 2. The van der Waals surface area contributed by atoms with Crippen molar-refractivity contribution in [3.63, 3.8) is 0 Å². The molecule has 0 amide bonds. The summed E-state index contributed by atoms with van der Waals surface area (Å²) in [6.07, 6.45) is 5.68. The second kappa shape index (κ2) is 8.61. The number of allylic oxidation sites excluding steroid dienone is 1. The Bertz CT molecular complexity index is 1050. The first-order valence-corrected chi connectivity index (χ1v) is 10.1. The predicted molar refractivity (Wildman–Crippen MR) is 108 cm³/mol. The van der Waals surface area contributed by atoms with E-state index in [-0.39, 0.29) is 5.75 Å². The molecule has 0 fully saturated rings. The Morgan fingerprint density at radius 2 is 1.69 bits per heavy atom. The highest BCUT2D eigenvalue weighted by atomic mass is 31.2. The van der Waals surface area contributed by atoms with Crippen molar-refractivity contribution in [1.82, 2.24) is 0 Å². The second-order valence-electron chi connectivity index (χ2n) is 6.07. The van der Waals surface area contributed by atoms with Crippen LogP contribution in [0.15, 0.2) is 47.1 Å². The van der Waals surface area contributed by atoms with Crippen LogP contribution in [0.5, 0.6) is 23.0 Å². The second-order valence-corrected chi connectivity index (χ2v) is 7.24. The SMILES string of the molecule is COc1cc(/C=C\Cc2cc(OP(=O)(O)O)c3ccoc3c2)cc(OC)c1OC. The average Bonchev–Trinajstić information content (AvgIpc) is 3.15. The molecule has 0 spiro atoms. The summed E-state index contributed by atoms with van der Waals surface area (Å²) >= 11 is 0. The van der Waals surface area contributed by atoms with Gasteiger partial charge in [-0.05, 0) is 47.9 Å². The van der Waals surface area contributed by atoms with E-state index in [9.17, 15) is 4.57 Å². The largest absolute Gasteiger partial charge is 0.524 e. The quantitative estimate of drug-likeness (QED) is 0.523. The number of methoxy groups -OCH3 is 3. The molecule has 0 atom stereocenters. The molecule has 3 rings (SSSR count). The highest BCUT2D eigenvalue weighted by Crippen LogP contribution is 2.42. The molecule has 2 aromatic carbocycles. The smallest absolute Gasteiger partial charge is 0.493 e. The van der Waals surface area contributed by atoms with Crippen molar-refractivity contribution < 1.29 is 37.5 Å². The van der Waals surface area contributed by atoms with Crippen LogP contribution in [-0.2, 0) is 11.0 Å². The van der Waals surface area contributed by atoms with E-state index in [1.54, 1.807) is 32.4 Å². The van der Waals surface area contributed by atoms with Crippen LogP contribution in [0.4, 0.5) is 0 Å². The lowest BCUT2D eigenvalue weighted by molar-refractivity contribution is 0.284. The molecule has 0 bridgehead atoms. The fraction of sp³-hybridized carbons (Fsp3) is 0.200. The first-order valence-electron chi connectivity index (χ1n) is 8.56. The zero-order valence-corrected chi connectivity index (χ0v) is 17.0. The molecule has 0 unspecified atom stereocenters. The van der Waals surface area contributed by atoms with Crippen molar-refractivity contribution in [3.05, 3.63) is 53.8 Å². The van der Waals surface area contributed by atoms with Crippen LogP contribution < -0.4 is 18.7 Å². The van der Waals surface area contributed by atoms with Gasteiger partial charge in [0.25, 0.3) is 0 Å². The van der Waals surface area contributed by atoms with Gasteiger partial charge in [-0.15, -0.1) is 0 Å². The number of rotatable bonds is 8. The number of fused-ring (bicyclic) bond motifs is 1. The molecule has 0 aliphatic carbocycles. The highest BCUT2D eigenvalue weighted by Gasteiger charge is 2.19. The summed E-state index contributed by atoms with van der Waals surface area (Å²) in [6, 6.07) is 8.60. The fourth-order valence-electron chi connectivity index (χ4n) is 2.94. The number of phosphoric ester groups is 1. The lowest BCUT2D eigenvalue weighted by atomic mass is 10.1. The van der Waals surface area contributed by atoms with Gasteiger partial charge < -0.3 is 23.2 Å². The molecule has 0 aliphatic rings. The summed E-state index contributed by atoms with van der Waals surface area (Å²) in [7, 11) is -0.0519. The zero-order chi connectivity index (χ0) is 21.0. The van der Waals surface area contributed by atoms with E-state index in [1.807, 2.05) is 24.3 Å². The molecule has 0 saturated heterocycles. The third-order valence-corrected chi connectivity index (χ3v) is 4.60. The van der Waals surface area contributed by atoms with Crippen molar-refractivity contribution in [1.29, 1.82) is 0 Å². The van der Waals surface area contributed by atoms with Gasteiger partial charge in [-0.1, -0.05) is 12.2 Å². The number of furan rings is 1. The van der Waals surface area contributed by atoms with Crippen LogP contribution in [0.25, 0.3) is 17.0 Å². The van der Waals surface area contributed by atoms with Crippen molar-refractivity contribution in [2.75, 3.05) is 21.3 Å². The van der Waals surface area contributed by atoms with Crippen molar-refractivity contribution in [2.45, 2.75) is 6.42 Å². The van der Waals surface area contributed by atoms with Crippen LogP contribution in [0.3, 0.4) is 0 Å². The maximum atomic E-state index is 11.2. The molecule has 9 heteroatoms. The minimum Gasteiger partial charge on any atom is -0.493 e. The molecule has 0 radical (unpaired) electrons. The van der Waals surface area contributed by atoms with Crippen LogP contribution in [0, 0.1) is 0 Å². The number of hydrogen-bond acceptors (Lipinski definition) is 6. The minimum absolute atomic E-state index is 0.0702. The van der Waals surface area contributed by atoms with E-state index >= 15 is 0 Å². The topological polar surface area (TPSA) is 108 Å². The van der Waals surface area contributed by atoms with Crippen LogP contribution in [0.2, 0.25) is 0 Å². The van der Waals surface area contributed by atoms with E-state index in [2.05, 4.69) is 0 Å². The molecule has 2 N–H and O–H groups in total. The Morgan fingerprint density at radius 1 is 1.00 bits per heavy atom. The highest BCUT2D eigenvalue weighted by molar-refractivity contribution is 7.46. The van der Waals surface area contributed by atoms with Gasteiger partial charge in [0.05, 0.1) is 33.0 Å². The van der Waals surface area contributed by atoms with Crippen molar-refractivity contribution in [2.24, 2.45) is 0 Å². The molecule has 3 aromatic rings. The summed E-state index contributed by atoms with van der Waals surface area (Å²) in [4.78, 5) is 18.3. The van der Waals surface area contributed by atoms with E-state index in [1.165, 1.54) is 13.4 Å². The maximum Gasteiger partial charge on any atom is 0.524 e. The Morgan fingerprint density at radius 3 is 2.28 bits per heavy atom. The fourth-order valence-corrected chi connectivity index (χ4v) is 3.35. The standard InChI is InChI=1S/C20H21O8P/c1-24-18-11-14(12-19(25-2)20(18)26-3)6-4-5-13-9-16-15(7-8-27-16)17(10-13)28-29(21,22)23/h4,6-12H,5H2,1-3H3,(H2,21,22,23)/b6-4-. The van der Waals surface area contributed by atoms with Gasteiger partial charge in [-0.3, -0.25) is 9.79 Å². The number of ether oxygens (including phenoxy) is 3. The summed E-state index contributed by atoms with van der Waals surface area (Å²) in [5, 5.41) is 0.491. The molecule has 0 saturated carbocycles. The summed E-state index contributed by atoms with van der Waals surface area (Å²) in [6.45, 7) is 0. The van der Waals surface area contributed by atoms with E-state index in [0.717, 1.165) is 11.1 Å². The average molecular weight is 420 g/mol.